The first-order valence-electron chi connectivity index (χ1n) is 21.6. The number of carbonyl (C=O) groups is 3. The van der Waals surface area contributed by atoms with Crippen LogP contribution in [0.5, 0.6) is 0 Å². The standard InChI is InChI=1S/C45H73N3O10/c1-12-34-17-15-13-14-16-27(4)42(53)44(11,55)43(54)32(9)40(52)31(8)39(51)30(7)38(50)26(3)18-21-37(49)56-41-29(6)35(20-19-34)57-45(33(41)10)23-22-25(2)36(58-45)24-28(5)47-48-46/h13-15,17-18,21,25-36,38,40-42,50,52-53,55H,12,16,19-20,22-24H2,1-11H3/b14-13+,17-15+,21-18+/t25-,26-,27+,28+,29+,30-,31-,32-,33+,34-,35?,36-,38+,40+,41+,42-,44+,45-/m0/s1. The fourth-order valence-corrected chi connectivity index (χ4v) is 9.15. The third-order valence-electron chi connectivity index (χ3n) is 13.7. The van der Waals surface area contributed by atoms with Crippen LogP contribution < -0.4 is 0 Å². The second kappa shape index (κ2) is 21.6. The van der Waals surface area contributed by atoms with E-state index in [0.29, 0.717) is 25.7 Å². The lowest BCUT2D eigenvalue weighted by atomic mass is 9.74. The third kappa shape index (κ3) is 11.9. The van der Waals surface area contributed by atoms with Crippen molar-refractivity contribution >= 4 is 17.5 Å². The largest absolute Gasteiger partial charge is 0.458 e. The minimum Gasteiger partial charge on any atom is -0.458 e. The van der Waals surface area contributed by atoms with Crippen molar-refractivity contribution in [3.63, 3.8) is 0 Å². The van der Waals surface area contributed by atoms with Gasteiger partial charge in [-0.3, -0.25) is 9.59 Å². The molecule has 3 aliphatic heterocycles. The molecule has 3 rings (SSSR count). The van der Waals surface area contributed by atoms with Crippen LogP contribution >= 0.6 is 0 Å². The molecule has 13 heteroatoms. The molecule has 1 spiro atoms. The Morgan fingerprint density at radius 1 is 0.897 bits per heavy atom. The highest BCUT2D eigenvalue weighted by atomic mass is 16.7. The molecule has 4 N–H and O–H groups in total. The van der Waals surface area contributed by atoms with Crippen LogP contribution in [0.3, 0.4) is 0 Å². The Balaban J connectivity index is 2.00. The second-order valence-electron chi connectivity index (χ2n) is 18.2. The van der Waals surface area contributed by atoms with Gasteiger partial charge < -0.3 is 34.6 Å². The summed E-state index contributed by atoms with van der Waals surface area (Å²) in [5, 5.41) is 48.7. The number of Topliss-reactive ketones (excluding diaryl/α,β-unsaturated/α-hetero) is 2. The molecule has 0 amide bonds. The fourth-order valence-electron chi connectivity index (χ4n) is 9.15. The highest BCUT2D eigenvalue weighted by Crippen LogP contribution is 2.49. The first-order chi connectivity index (χ1) is 27.1. The summed E-state index contributed by atoms with van der Waals surface area (Å²) in [6.45, 7) is 19.2. The van der Waals surface area contributed by atoms with Gasteiger partial charge in [-0.1, -0.05) is 105 Å². The topological polar surface area (TPSA) is 209 Å². The zero-order chi connectivity index (χ0) is 43.7. The summed E-state index contributed by atoms with van der Waals surface area (Å²) >= 11 is 0. The van der Waals surface area contributed by atoms with Gasteiger partial charge in [-0.2, -0.15) is 0 Å². The molecule has 0 aliphatic carbocycles. The molecule has 2 bridgehead atoms. The molecule has 18 atom stereocenters. The van der Waals surface area contributed by atoms with Gasteiger partial charge in [-0.25, -0.2) is 4.79 Å². The number of nitrogens with zero attached hydrogens (tertiary/aromatic N) is 3. The van der Waals surface area contributed by atoms with Crippen molar-refractivity contribution in [3.8, 4) is 0 Å². The van der Waals surface area contributed by atoms with E-state index in [2.05, 4.69) is 29.9 Å². The molecule has 0 aromatic rings. The van der Waals surface area contributed by atoms with Gasteiger partial charge in [-0.05, 0) is 68.7 Å². The van der Waals surface area contributed by atoms with Crippen molar-refractivity contribution in [1.29, 1.82) is 0 Å². The summed E-state index contributed by atoms with van der Waals surface area (Å²) < 4.78 is 20.1. The van der Waals surface area contributed by atoms with Crippen molar-refractivity contribution in [1.82, 2.24) is 0 Å². The number of ketones is 2. The molecule has 2 fully saturated rings. The first kappa shape index (κ1) is 49.5. The Kier molecular flexibility index (Phi) is 18.4. The van der Waals surface area contributed by atoms with E-state index in [1.54, 1.807) is 13.8 Å². The van der Waals surface area contributed by atoms with E-state index >= 15 is 0 Å². The van der Waals surface area contributed by atoms with Gasteiger partial charge in [0.1, 0.15) is 17.5 Å². The van der Waals surface area contributed by atoms with Crippen LogP contribution in [0.1, 0.15) is 121 Å². The lowest BCUT2D eigenvalue weighted by Crippen LogP contribution is -2.62. The van der Waals surface area contributed by atoms with E-state index in [-0.39, 0.29) is 41.9 Å². The molecule has 328 valence electrons. The third-order valence-corrected chi connectivity index (χ3v) is 13.7. The van der Waals surface area contributed by atoms with E-state index in [4.69, 9.17) is 19.7 Å². The maximum Gasteiger partial charge on any atom is 0.330 e. The minimum absolute atomic E-state index is 0.186. The Labute approximate surface area is 346 Å². The molecule has 13 nitrogen and oxygen atoms in total. The minimum atomic E-state index is -2.19. The van der Waals surface area contributed by atoms with E-state index in [9.17, 15) is 34.8 Å². The van der Waals surface area contributed by atoms with E-state index in [1.807, 2.05) is 39.0 Å². The van der Waals surface area contributed by atoms with Gasteiger partial charge in [0.05, 0.1) is 30.5 Å². The maximum atomic E-state index is 13.6. The molecule has 1 unspecified atom stereocenters. The number of fused-ring (bicyclic) bond motifs is 2. The van der Waals surface area contributed by atoms with Crippen LogP contribution in [0.25, 0.3) is 10.4 Å². The number of rotatable bonds is 4. The summed E-state index contributed by atoms with van der Waals surface area (Å²) in [5.74, 6) is -7.45. The second-order valence-corrected chi connectivity index (χ2v) is 18.2. The van der Waals surface area contributed by atoms with Crippen LogP contribution in [0.15, 0.2) is 41.6 Å². The van der Waals surface area contributed by atoms with Crippen LogP contribution in [0.2, 0.25) is 0 Å². The lowest BCUT2D eigenvalue weighted by Gasteiger charge is -2.55. The average molecular weight is 816 g/mol. The average Bonchev–Trinajstić information content (AvgIpc) is 3.19. The molecule has 0 saturated carbocycles. The zero-order valence-corrected chi connectivity index (χ0v) is 36.7. The number of hydrogen-bond acceptors (Lipinski definition) is 11. The van der Waals surface area contributed by atoms with Crippen LogP contribution in [-0.4, -0.2) is 92.0 Å². The van der Waals surface area contributed by atoms with Crippen molar-refractivity contribution in [2.45, 2.75) is 175 Å². The summed E-state index contributed by atoms with van der Waals surface area (Å²) in [4.78, 5) is 43.6. The predicted molar refractivity (Wildman–Crippen MR) is 222 cm³/mol. The van der Waals surface area contributed by atoms with Crippen molar-refractivity contribution in [2.75, 3.05) is 0 Å². The molecular weight excluding hydrogens is 743 g/mol. The maximum absolute atomic E-state index is 13.6. The lowest BCUT2D eigenvalue weighted by molar-refractivity contribution is -0.370. The highest BCUT2D eigenvalue weighted by molar-refractivity contribution is 5.91. The van der Waals surface area contributed by atoms with Crippen LogP contribution in [0.4, 0.5) is 0 Å². The van der Waals surface area contributed by atoms with Crippen LogP contribution in [0, 0.1) is 53.3 Å². The van der Waals surface area contributed by atoms with Crippen molar-refractivity contribution < 1.29 is 49.0 Å². The predicted octanol–water partition coefficient (Wildman–Crippen LogP) is 7.20. The summed E-state index contributed by atoms with van der Waals surface area (Å²) in [6, 6.07) is -0.276. The molecule has 0 aromatic heterocycles. The van der Waals surface area contributed by atoms with E-state index in [1.165, 1.54) is 39.8 Å². The smallest absolute Gasteiger partial charge is 0.330 e. The highest BCUT2D eigenvalue weighted by Gasteiger charge is 2.56. The quantitative estimate of drug-likeness (QED) is 0.0971. The van der Waals surface area contributed by atoms with Gasteiger partial charge in [0.25, 0.3) is 0 Å². The Bertz CT molecular complexity index is 1530. The van der Waals surface area contributed by atoms with E-state index in [0.717, 1.165) is 19.3 Å². The molecular formula is C45H73N3O10. The number of aliphatic hydroxyl groups is 4. The van der Waals surface area contributed by atoms with Crippen molar-refractivity contribution in [2.24, 2.45) is 58.4 Å². The first-order valence-corrected chi connectivity index (χ1v) is 21.6. The molecule has 58 heavy (non-hydrogen) atoms. The van der Waals surface area contributed by atoms with Gasteiger partial charge >= 0.3 is 5.97 Å². The zero-order valence-electron chi connectivity index (χ0n) is 36.7. The monoisotopic (exact) mass is 816 g/mol. The molecule has 0 radical (unpaired) electrons. The Morgan fingerprint density at radius 3 is 2.19 bits per heavy atom. The number of allylic oxidation sites excluding steroid dienone is 4. The van der Waals surface area contributed by atoms with Gasteiger partial charge in [-0.15, -0.1) is 0 Å². The number of azide groups is 1. The van der Waals surface area contributed by atoms with E-state index < -0.39 is 82.9 Å². The van der Waals surface area contributed by atoms with Gasteiger partial charge in [0.2, 0.25) is 0 Å². The SMILES string of the molecule is CC[C@H]1/C=C/C=C/C[C@@H](C)[C@H](O)[C@@](C)(O)C(=O)[C@@H](C)[C@H](O)[C@@H](C)C(=O)[C@@H](C)[C@H](O)[C@@H](C)/C=C/C(=O)O[C@@H]2[C@H](C)C(CC1)O[C@]1(CC[C@H](C)[C@H](C[C@@H](C)N=[N+]=[N-])O1)[C@@H]2C. The molecule has 3 aliphatic rings. The van der Waals surface area contributed by atoms with Gasteiger partial charge in [0, 0.05) is 59.0 Å². The Morgan fingerprint density at radius 2 is 1.55 bits per heavy atom. The number of ether oxygens (including phenoxy) is 3. The normalized spacial score (nSPS) is 45.4. The van der Waals surface area contributed by atoms with Crippen molar-refractivity contribution in [3.05, 3.63) is 46.9 Å². The number of esters is 1. The Hall–Kier alpha value is -2.90. The number of hydrogen-bond donors (Lipinski definition) is 4. The van der Waals surface area contributed by atoms with Gasteiger partial charge in [0.15, 0.2) is 11.6 Å². The summed E-state index contributed by atoms with van der Waals surface area (Å²) in [6.07, 6.45) is 10.0. The number of aliphatic hydroxyl groups excluding tert-OH is 3. The molecule has 0 aromatic carbocycles. The summed E-state index contributed by atoms with van der Waals surface area (Å²) in [7, 11) is 0. The van der Waals surface area contributed by atoms with Crippen LogP contribution in [-0.2, 0) is 28.6 Å². The molecule has 3 heterocycles. The molecule has 2 saturated heterocycles. The fraction of sp³-hybridized carbons (Fsp3) is 0.800. The number of carbonyl (C=O) groups excluding carboxylic acids is 3. The summed E-state index contributed by atoms with van der Waals surface area (Å²) in [5.41, 5.74) is 6.87.